The van der Waals surface area contributed by atoms with Gasteiger partial charge < -0.3 is 10.6 Å². The molecule has 1 saturated heterocycles. The summed E-state index contributed by atoms with van der Waals surface area (Å²) in [6, 6.07) is 5.12. The van der Waals surface area contributed by atoms with Crippen LogP contribution in [0.4, 0.5) is 13.2 Å². The monoisotopic (exact) mass is 298 g/mol. The Kier molecular flexibility index (Phi) is 3.24. The number of halogens is 3. The lowest BCUT2D eigenvalue weighted by Crippen LogP contribution is -2.39. The highest BCUT2D eigenvalue weighted by Crippen LogP contribution is 2.50. The van der Waals surface area contributed by atoms with Crippen molar-refractivity contribution in [3.63, 3.8) is 0 Å². The first-order valence-corrected chi connectivity index (χ1v) is 7.06. The summed E-state index contributed by atoms with van der Waals surface area (Å²) in [6.07, 6.45) is -2.41. The molecule has 1 amide bonds. The van der Waals surface area contributed by atoms with Crippen LogP contribution >= 0.6 is 0 Å². The third-order valence-corrected chi connectivity index (χ3v) is 4.41. The Morgan fingerprint density at radius 2 is 2.05 bits per heavy atom. The molecule has 0 bridgehead atoms. The number of nitrogens with two attached hydrogens (primary N) is 1. The van der Waals surface area contributed by atoms with E-state index < -0.39 is 17.2 Å². The van der Waals surface area contributed by atoms with Gasteiger partial charge in [-0.1, -0.05) is 18.2 Å². The van der Waals surface area contributed by atoms with Crippen molar-refractivity contribution < 1.29 is 18.0 Å². The van der Waals surface area contributed by atoms with Gasteiger partial charge in [0.25, 0.3) is 0 Å². The molecule has 0 unspecified atom stereocenters. The zero-order chi connectivity index (χ0) is 15.3. The number of amides is 1. The summed E-state index contributed by atoms with van der Waals surface area (Å²) in [5.74, 6) is -0.0743. The van der Waals surface area contributed by atoms with Crippen LogP contribution in [0.15, 0.2) is 24.3 Å². The van der Waals surface area contributed by atoms with Crippen molar-refractivity contribution in [1.29, 1.82) is 0 Å². The standard InChI is InChI=1S/C15H17F3N2O/c16-15(17,18)11-3-1-2-10(8-11)14(5-6-14)13(21)20-7-4-12(19)9-20/h1-3,8,12H,4-7,9,19H2/t12-/m0/s1. The van der Waals surface area contributed by atoms with Crippen LogP contribution < -0.4 is 5.73 Å². The van der Waals surface area contributed by atoms with E-state index in [4.69, 9.17) is 5.73 Å². The van der Waals surface area contributed by atoms with Gasteiger partial charge >= 0.3 is 6.18 Å². The van der Waals surface area contributed by atoms with E-state index >= 15 is 0 Å². The fourth-order valence-electron chi connectivity index (χ4n) is 3.02. The highest BCUT2D eigenvalue weighted by molar-refractivity contribution is 5.91. The van der Waals surface area contributed by atoms with E-state index in [1.807, 2.05) is 0 Å². The molecule has 2 aliphatic rings. The first-order valence-electron chi connectivity index (χ1n) is 7.06. The average Bonchev–Trinajstić information content (AvgIpc) is 3.14. The molecule has 3 rings (SSSR count). The van der Waals surface area contributed by atoms with Gasteiger partial charge in [0.1, 0.15) is 0 Å². The summed E-state index contributed by atoms with van der Waals surface area (Å²) >= 11 is 0. The maximum Gasteiger partial charge on any atom is 0.416 e. The maximum absolute atomic E-state index is 12.8. The fraction of sp³-hybridized carbons (Fsp3) is 0.533. The van der Waals surface area contributed by atoms with Crippen LogP contribution in [0.5, 0.6) is 0 Å². The Hall–Kier alpha value is -1.56. The molecule has 2 N–H and O–H groups in total. The minimum atomic E-state index is -4.38. The van der Waals surface area contributed by atoms with Crippen LogP contribution in [-0.4, -0.2) is 29.9 Å². The molecule has 0 aromatic heterocycles. The summed E-state index contributed by atoms with van der Waals surface area (Å²) in [6.45, 7) is 1.10. The second-order valence-corrected chi connectivity index (χ2v) is 5.96. The Bertz CT molecular complexity index is 566. The smallest absolute Gasteiger partial charge is 0.340 e. The van der Waals surface area contributed by atoms with E-state index in [-0.39, 0.29) is 11.9 Å². The quantitative estimate of drug-likeness (QED) is 0.910. The van der Waals surface area contributed by atoms with Gasteiger partial charge in [0, 0.05) is 19.1 Å². The highest BCUT2D eigenvalue weighted by atomic mass is 19.4. The van der Waals surface area contributed by atoms with E-state index in [2.05, 4.69) is 0 Å². The Labute approximate surface area is 120 Å². The van der Waals surface area contributed by atoms with Crippen molar-refractivity contribution in [2.75, 3.05) is 13.1 Å². The summed E-state index contributed by atoms with van der Waals surface area (Å²) in [5, 5.41) is 0. The lowest BCUT2D eigenvalue weighted by atomic mass is 9.92. The summed E-state index contributed by atoms with van der Waals surface area (Å²) < 4.78 is 38.5. The molecular weight excluding hydrogens is 281 g/mol. The van der Waals surface area contributed by atoms with E-state index in [1.165, 1.54) is 6.07 Å². The third kappa shape index (κ3) is 2.52. The topological polar surface area (TPSA) is 46.3 Å². The molecular formula is C15H17F3N2O. The normalized spacial score (nSPS) is 24.2. The van der Waals surface area contributed by atoms with Gasteiger partial charge in [-0.3, -0.25) is 4.79 Å². The lowest BCUT2D eigenvalue weighted by molar-refractivity contribution is -0.138. The van der Waals surface area contributed by atoms with Gasteiger partial charge in [-0.2, -0.15) is 13.2 Å². The van der Waals surface area contributed by atoms with Crippen LogP contribution in [0, 0.1) is 0 Å². The van der Waals surface area contributed by atoms with Crippen LogP contribution in [-0.2, 0) is 16.4 Å². The van der Waals surface area contributed by atoms with Crippen molar-refractivity contribution in [3.8, 4) is 0 Å². The van der Waals surface area contributed by atoms with E-state index in [0.29, 0.717) is 31.5 Å². The molecule has 1 saturated carbocycles. The number of benzene rings is 1. The third-order valence-electron chi connectivity index (χ3n) is 4.41. The van der Waals surface area contributed by atoms with Crippen LogP contribution in [0.1, 0.15) is 30.4 Å². The molecule has 114 valence electrons. The zero-order valence-electron chi connectivity index (χ0n) is 11.5. The minimum absolute atomic E-state index is 0.0220. The van der Waals surface area contributed by atoms with Crippen molar-refractivity contribution in [1.82, 2.24) is 4.90 Å². The molecule has 1 aliphatic carbocycles. The molecule has 2 fully saturated rings. The SMILES string of the molecule is N[C@H]1CCN(C(=O)C2(c3cccc(C(F)(F)F)c3)CC2)C1. The summed E-state index contributed by atoms with van der Waals surface area (Å²) in [4.78, 5) is 14.3. The van der Waals surface area contributed by atoms with Crippen LogP contribution in [0.3, 0.4) is 0 Å². The molecule has 1 heterocycles. The molecule has 0 spiro atoms. The molecule has 1 aromatic carbocycles. The lowest BCUT2D eigenvalue weighted by Gasteiger charge is -2.24. The number of carbonyl (C=O) groups is 1. The number of rotatable bonds is 2. The van der Waals surface area contributed by atoms with Crippen LogP contribution in [0.2, 0.25) is 0 Å². The first-order chi connectivity index (χ1) is 9.83. The van der Waals surface area contributed by atoms with E-state index in [1.54, 1.807) is 11.0 Å². The fourth-order valence-corrected chi connectivity index (χ4v) is 3.02. The molecule has 6 heteroatoms. The van der Waals surface area contributed by atoms with E-state index in [9.17, 15) is 18.0 Å². The molecule has 3 nitrogen and oxygen atoms in total. The average molecular weight is 298 g/mol. The van der Waals surface area contributed by atoms with E-state index in [0.717, 1.165) is 18.6 Å². The molecule has 1 aromatic rings. The number of hydrogen-bond acceptors (Lipinski definition) is 2. The summed E-state index contributed by atoms with van der Waals surface area (Å²) in [5.41, 5.74) is 4.82. The Morgan fingerprint density at radius 3 is 2.57 bits per heavy atom. The number of carbonyl (C=O) groups excluding carboxylic acids is 1. The molecule has 21 heavy (non-hydrogen) atoms. The Morgan fingerprint density at radius 1 is 1.33 bits per heavy atom. The molecule has 1 aliphatic heterocycles. The number of alkyl halides is 3. The van der Waals surface area contributed by atoms with Gasteiger partial charge in [-0.25, -0.2) is 0 Å². The zero-order valence-corrected chi connectivity index (χ0v) is 11.5. The van der Waals surface area contributed by atoms with Gasteiger partial charge in [0.2, 0.25) is 5.91 Å². The number of likely N-dealkylation sites (tertiary alicyclic amines) is 1. The van der Waals surface area contributed by atoms with Gasteiger partial charge in [0.05, 0.1) is 11.0 Å². The second-order valence-electron chi connectivity index (χ2n) is 5.96. The van der Waals surface area contributed by atoms with Crippen molar-refractivity contribution >= 4 is 5.91 Å². The first kappa shape index (κ1) is 14.4. The minimum Gasteiger partial charge on any atom is -0.340 e. The predicted molar refractivity (Wildman–Crippen MR) is 71.5 cm³/mol. The Balaban J connectivity index is 1.87. The van der Waals surface area contributed by atoms with Gasteiger partial charge in [0.15, 0.2) is 0 Å². The summed E-state index contributed by atoms with van der Waals surface area (Å²) in [7, 11) is 0. The molecule has 0 radical (unpaired) electrons. The van der Waals surface area contributed by atoms with Crippen molar-refractivity contribution in [2.24, 2.45) is 5.73 Å². The van der Waals surface area contributed by atoms with Gasteiger partial charge in [-0.05, 0) is 30.9 Å². The van der Waals surface area contributed by atoms with Crippen molar-refractivity contribution in [2.45, 2.75) is 36.9 Å². The largest absolute Gasteiger partial charge is 0.416 e. The van der Waals surface area contributed by atoms with Crippen LogP contribution in [0.25, 0.3) is 0 Å². The maximum atomic E-state index is 12.8. The van der Waals surface area contributed by atoms with Crippen molar-refractivity contribution in [3.05, 3.63) is 35.4 Å². The predicted octanol–water partition coefficient (Wildman–Crippen LogP) is 2.30. The highest BCUT2D eigenvalue weighted by Gasteiger charge is 2.54. The number of hydrogen-bond donors (Lipinski definition) is 1. The second kappa shape index (κ2) is 4.73. The molecule has 1 atom stereocenters. The number of nitrogens with zero attached hydrogens (tertiary/aromatic N) is 1. The van der Waals surface area contributed by atoms with Gasteiger partial charge in [-0.15, -0.1) is 0 Å².